The first-order valence-corrected chi connectivity index (χ1v) is 9.96. The third-order valence-electron chi connectivity index (χ3n) is 4.97. The number of rotatable bonds is 3. The molecule has 27 heavy (non-hydrogen) atoms. The molecule has 2 aliphatic heterocycles. The predicted molar refractivity (Wildman–Crippen MR) is 109 cm³/mol. The van der Waals surface area contributed by atoms with Gasteiger partial charge in [-0.25, -0.2) is 9.79 Å². The smallest absolute Gasteiger partial charge is 0.327 e. The van der Waals surface area contributed by atoms with E-state index in [-0.39, 0.29) is 5.17 Å². The van der Waals surface area contributed by atoms with Crippen molar-refractivity contribution < 1.29 is 14.7 Å². The number of nitrogens with zero attached hydrogens (tertiary/aromatic N) is 2. The quantitative estimate of drug-likeness (QED) is 0.352. The van der Waals surface area contributed by atoms with Crippen LogP contribution in [0.4, 0.5) is 0 Å². The Labute approximate surface area is 170 Å². The topological polar surface area (TPSA) is 70.0 Å². The Bertz CT molecular complexity index is 1000. The SMILES string of the molecule is CC1(C)S[C@H]2N(C(=O)C2(Cl)N=C(Cl)c2cccc3ccccc23)[C@H]1C(=O)O. The summed E-state index contributed by atoms with van der Waals surface area (Å²) in [5, 5.41) is 11.0. The number of thioether (sulfide) groups is 1. The number of hydrogen-bond acceptors (Lipinski definition) is 4. The van der Waals surface area contributed by atoms with Gasteiger partial charge in [-0.15, -0.1) is 11.8 Å². The number of carboxylic acids is 1. The summed E-state index contributed by atoms with van der Waals surface area (Å²) in [5.74, 6) is -1.58. The first-order valence-electron chi connectivity index (χ1n) is 8.32. The number of carbonyl (C=O) groups is 2. The normalized spacial score (nSPS) is 29.6. The van der Waals surface area contributed by atoms with Gasteiger partial charge in [0.15, 0.2) is 0 Å². The number of β-lactam (4-membered cyclic amide) rings is 1. The van der Waals surface area contributed by atoms with Crippen LogP contribution >= 0.6 is 35.0 Å². The van der Waals surface area contributed by atoms with Crippen LogP contribution in [-0.4, -0.2) is 48.2 Å². The highest BCUT2D eigenvalue weighted by Gasteiger charge is 2.71. The van der Waals surface area contributed by atoms with Crippen LogP contribution in [0.3, 0.4) is 0 Å². The molecule has 0 saturated carbocycles. The Morgan fingerprint density at radius 1 is 1.22 bits per heavy atom. The van der Waals surface area contributed by atoms with E-state index in [9.17, 15) is 14.7 Å². The van der Waals surface area contributed by atoms with Gasteiger partial charge in [-0.05, 0) is 24.6 Å². The van der Waals surface area contributed by atoms with Gasteiger partial charge >= 0.3 is 5.97 Å². The maximum absolute atomic E-state index is 12.7. The fourth-order valence-corrected chi connectivity index (χ4v) is 6.04. The number of aliphatic carboxylic acids is 1. The number of aliphatic imine (C=N–C) groups is 1. The van der Waals surface area contributed by atoms with Crippen molar-refractivity contribution >= 4 is 62.8 Å². The minimum atomic E-state index is -1.60. The van der Waals surface area contributed by atoms with E-state index in [1.54, 1.807) is 13.8 Å². The molecule has 2 saturated heterocycles. The van der Waals surface area contributed by atoms with Gasteiger partial charge in [0, 0.05) is 10.3 Å². The van der Waals surface area contributed by atoms with E-state index in [2.05, 4.69) is 4.99 Å². The molecule has 4 rings (SSSR count). The number of amides is 1. The lowest BCUT2D eigenvalue weighted by Gasteiger charge is -2.46. The molecule has 0 spiro atoms. The minimum absolute atomic E-state index is 0.131. The van der Waals surface area contributed by atoms with Gasteiger partial charge in [0.25, 0.3) is 5.91 Å². The van der Waals surface area contributed by atoms with Crippen molar-refractivity contribution in [1.29, 1.82) is 0 Å². The van der Waals surface area contributed by atoms with Crippen molar-refractivity contribution in [3.63, 3.8) is 0 Å². The van der Waals surface area contributed by atoms with E-state index in [1.165, 1.54) is 16.7 Å². The lowest BCUT2D eigenvalue weighted by Crippen LogP contribution is -2.70. The maximum Gasteiger partial charge on any atom is 0.327 e. The van der Waals surface area contributed by atoms with Crippen LogP contribution in [-0.2, 0) is 9.59 Å². The standard InChI is InChI=1S/C19H16Cl2N2O3S/c1-18(2)13(15(24)25)23-16(26)19(21,17(23)27-18)22-14(20)12-9-5-7-10-6-3-4-8-11(10)12/h3-9,13,17H,1-2H3,(H,24,25)/t13-,17+,19?/m0/s1. The molecule has 5 nitrogen and oxygen atoms in total. The van der Waals surface area contributed by atoms with Crippen LogP contribution < -0.4 is 0 Å². The maximum atomic E-state index is 12.7. The lowest BCUT2D eigenvalue weighted by molar-refractivity contribution is -0.160. The highest BCUT2D eigenvalue weighted by Crippen LogP contribution is 2.57. The summed E-state index contributed by atoms with van der Waals surface area (Å²) >= 11 is 14.4. The van der Waals surface area contributed by atoms with Gasteiger partial charge < -0.3 is 10.0 Å². The fraction of sp³-hybridized carbons (Fsp3) is 0.316. The summed E-state index contributed by atoms with van der Waals surface area (Å²) in [4.78, 5) is 28.5. The summed E-state index contributed by atoms with van der Waals surface area (Å²) in [5.41, 5.74) is 0.679. The molecule has 2 heterocycles. The highest BCUT2D eigenvalue weighted by molar-refractivity contribution is 8.01. The first-order chi connectivity index (χ1) is 12.7. The number of carboxylic acid groups (broad SMARTS) is 1. The molecule has 1 N–H and O–H groups in total. The Morgan fingerprint density at radius 3 is 2.59 bits per heavy atom. The number of carbonyl (C=O) groups excluding carboxylic acids is 1. The minimum Gasteiger partial charge on any atom is -0.480 e. The van der Waals surface area contributed by atoms with Crippen LogP contribution in [0, 0.1) is 0 Å². The van der Waals surface area contributed by atoms with Crippen molar-refractivity contribution in [3.8, 4) is 0 Å². The summed E-state index contributed by atoms with van der Waals surface area (Å²) in [7, 11) is 0. The number of hydrogen-bond donors (Lipinski definition) is 1. The van der Waals surface area contributed by atoms with Crippen molar-refractivity contribution in [2.45, 2.75) is 35.0 Å². The molecular weight excluding hydrogens is 407 g/mol. The molecule has 0 aromatic heterocycles. The molecule has 2 aromatic rings. The lowest BCUT2D eigenvalue weighted by atomic mass is 9.96. The second kappa shape index (κ2) is 6.12. The third kappa shape index (κ3) is 2.65. The Morgan fingerprint density at radius 2 is 1.89 bits per heavy atom. The van der Waals surface area contributed by atoms with Crippen LogP contribution in [0.5, 0.6) is 0 Å². The van der Waals surface area contributed by atoms with Crippen LogP contribution in [0.1, 0.15) is 19.4 Å². The molecule has 3 atom stereocenters. The predicted octanol–water partition coefficient (Wildman–Crippen LogP) is 3.91. The largest absolute Gasteiger partial charge is 0.480 e. The van der Waals surface area contributed by atoms with Gasteiger partial charge in [0.1, 0.15) is 16.6 Å². The Balaban J connectivity index is 1.74. The van der Waals surface area contributed by atoms with Crippen LogP contribution in [0.25, 0.3) is 10.8 Å². The van der Waals surface area contributed by atoms with Gasteiger partial charge in [-0.2, -0.15) is 0 Å². The zero-order valence-corrected chi connectivity index (χ0v) is 16.8. The molecule has 0 radical (unpaired) electrons. The van der Waals surface area contributed by atoms with Crippen molar-refractivity contribution in [2.75, 3.05) is 0 Å². The van der Waals surface area contributed by atoms with Gasteiger partial charge in [-0.1, -0.05) is 65.7 Å². The second-order valence-corrected chi connectivity index (χ2v) is 9.80. The average molecular weight is 423 g/mol. The molecule has 2 aliphatic rings. The Kier molecular flexibility index (Phi) is 4.22. The molecule has 1 unspecified atom stereocenters. The zero-order valence-electron chi connectivity index (χ0n) is 14.5. The third-order valence-corrected chi connectivity index (χ3v) is 7.47. The van der Waals surface area contributed by atoms with Crippen LogP contribution in [0.2, 0.25) is 0 Å². The molecular formula is C19H16Cl2N2O3S. The van der Waals surface area contributed by atoms with Gasteiger partial charge in [0.05, 0.1) is 0 Å². The monoisotopic (exact) mass is 422 g/mol. The van der Waals surface area contributed by atoms with E-state index in [4.69, 9.17) is 23.2 Å². The summed E-state index contributed by atoms with van der Waals surface area (Å²) in [6, 6.07) is 12.4. The number of alkyl halides is 1. The van der Waals surface area contributed by atoms with E-state index in [1.807, 2.05) is 42.5 Å². The molecule has 0 aliphatic carbocycles. The molecule has 8 heteroatoms. The highest BCUT2D eigenvalue weighted by atomic mass is 35.5. The van der Waals surface area contributed by atoms with Gasteiger partial charge in [0.2, 0.25) is 5.00 Å². The molecule has 0 bridgehead atoms. The van der Waals surface area contributed by atoms with E-state index in [0.717, 1.165) is 10.8 Å². The van der Waals surface area contributed by atoms with Crippen molar-refractivity contribution in [1.82, 2.24) is 4.90 Å². The number of halogens is 2. The van der Waals surface area contributed by atoms with Crippen LogP contribution in [0.15, 0.2) is 47.5 Å². The first kappa shape index (κ1) is 18.6. The van der Waals surface area contributed by atoms with E-state index >= 15 is 0 Å². The number of benzene rings is 2. The summed E-state index contributed by atoms with van der Waals surface area (Å²) in [6.45, 7) is 3.57. The van der Waals surface area contributed by atoms with Crippen molar-refractivity contribution in [3.05, 3.63) is 48.0 Å². The van der Waals surface area contributed by atoms with Gasteiger partial charge in [-0.3, -0.25) is 4.79 Å². The summed E-state index contributed by atoms with van der Waals surface area (Å²) in [6.07, 6.45) is 0. The zero-order chi connectivity index (χ0) is 19.6. The molecule has 140 valence electrons. The van der Waals surface area contributed by atoms with E-state index < -0.39 is 33.0 Å². The Hall–Kier alpha value is -1.76. The molecule has 1 amide bonds. The number of fused-ring (bicyclic) bond motifs is 2. The molecule has 2 aromatic carbocycles. The van der Waals surface area contributed by atoms with Crippen molar-refractivity contribution in [2.24, 2.45) is 4.99 Å². The van der Waals surface area contributed by atoms with E-state index in [0.29, 0.717) is 5.56 Å². The average Bonchev–Trinajstić information content (AvgIpc) is 2.90. The fourth-order valence-electron chi connectivity index (χ4n) is 3.71. The second-order valence-electron chi connectivity index (χ2n) is 7.13. The molecule has 2 fully saturated rings. The summed E-state index contributed by atoms with van der Waals surface area (Å²) < 4.78 is -0.676.